The lowest BCUT2D eigenvalue weighted by Crippen LogP contribution is -2.46. The number of rotatable bonds is 5. The monoisotopic (exact) mass is 548 g/mol. The summed E-state index contributed by atoms with van der Waals surface area (Å²) in [6.45, 7) is 10.2. The molecule has 0 radical (unpaired) electrons. The average molecular weight is 549 g/mol. The molecule has 2 atom stereocenters. The van der Waals surface area contributed by atoms with Crippen LogP contribution in [-0.2, 0) is 11.3 Å². The number of carbonyl (C=O) groups excluding carboxylic acids is 1. The fourth-order valence-electron chi connectivity index (χ4n) is 6.43. The van der Waals surface area contributed by atoms with Gasteiger partial charge in [0.05, 0.1) is 6.04 Å². The summed E-state index contributed by atoms with van der Waals surface area (Å²) in [5.74, 6) is 1.79. The number of amides is 1. The molecule has 1 fully saturated rings. The van der Waals surface area contributed by atoms with Crippen molar-refractivity contribution in [1.82, 2.24) is 19.4 Å². The van der Waals surface area contributed by atoms with Crippen LogP contribution in [0.2, 0.25) is 5.02 Å². The number of hydrogen-bond acceptors (Lipinski definition) is 4. The molecule has 2 aromatic rings. The molecule has 2 aliphatic heterocycles. The Balaban J connectivity index is 1.42. The first-order valence-electron chi connectivity index (χ1n) is 14.2. The van der Waals surface area contributed by atoms with Crippen LogP contribution < -0.4 is 0 Å². The first kappa shape index (κ1) is 27.6. The van der Waals surface area contributed by atoms with Gasteiger partial charge in [-0.2, -0.15) is 0 Å². The quantitative estimate of drug-likeness (QED) is 0.396. The Morgan fingerprint density at radius 1 is 1.21 bits per heavy atom. The smallest absolute Gasteiger partial charge is 0.410 e. The molecular weight excluding hydrogens is 508 g/mol. The van der Waals surface area contributed by atoms with E-state index in [2.05, 4.69) is 71.2 Å². The van der Waals surface area contributed by atoms with Gasteiger partial charge in [-0.25, -0.2) is 9.78 Å². The van der Waals surface area contributed by atoms with Crippen LogP contribution in [0, 0.1) is 12.8 Å². The minimum Gasteiger partial charge on any atom is -0.444 e. The first-order valence-corrected chi connectivity index (χ1v) is 14.5. The van der Waals surface area contributed by atoms with E-state index in [4.69, 9.17) is 16.3 Å². The van der Waals surface area contributed by atoms with Gasteiger partial charge in [-0.05, 0) is 106 Å². The Kier molecular flexibility index (Phi) is 7.95. The Hall–Kier alpha value is -2.99. The number of nitrogens with zero attached hydrogens (tertiary/aromatic N) is 4. The highest BCUT2D eigenvalue weighted by molar-refractivity contribution is 6.30. The second kappa shape index (κ2) is 11.2. The highest BCUT2D eigenvalue weighted by Gasteiger charge is 2.41. The summed E-state index contributed by atoms with van der Waals surface area (Å²) in [7, 11) is 2.20. The van der Waals surface area contributed by atoms with E-state index in [1.165, 1.54) is 22.3 Å². The van der Waals surface area contributed by atoms with Gasteiger partial charge >= 0.3 is 6.09 Å². The van der Waals surface area contributed by atoms with E-state index in [0.717, 1.165) is 56.2 Å². The number of hydrogen-bond donors (Lipinski definition) is 0. The minimum absolute atomic E-state index is 0.204. The molecule has 0 N–H and O–H groups in total. The number of imidazole rings is 1. The fraction of sp³-hybridized carbons (Fsp3) is 0.500. The maximum absolute atomic E-state index is 12.8. The number of piperidine rings is 1. The average Bonchev–Trinajstić information content (AvgIpc) is 3.23. The number of aromatic nitrogens is 2. The van der Waals surface area contributed by atoms with Gasteiger partial charge in [-0.1, -0.05) is 29.8 Å². The van der Waals surface area contributed by atoms with Gasteiger partial charge in [0, 0.05) is 50.0 Å². The van der Waals surface area contributed by atoms with Crippen LogP contribution in [0.1, 0.15) is 69.3 Å². The number of carbonyl (C=O) groups is 1. The number of halogens is 1. The van der Waals surface area contributed by atoms with E-state index in [1.54, 1.807) is 0 Å². The molecule has 39 heavy (non-hydrogen) atoms. The molecule has 2 unspecified atom stereocenters. The summed E-state index contributed by atoms with van der Waals surface area (Å²) in [5.41, 5.74) is 4.87. The summed E-state index contributed by atoms with van der Waals surface area (Å²) >= 11 is 6.55. The molecule has 0 spiro atoms. The van der Waals surface area contributed by atoms with Crippen molar-refractivity contribution in [2.45, 2.75) is 77.5 Å². The predicted octanol–water partition coefficient (Wildman–Crippen LogP) is 7.21. The topological polar surface area (TPSA) is 50.6 Å². The van der Waals surface area contributed by atoms with Gasteiger partial charge in [-0.15, -0.1) is 0 Å². The summed E-state index contributed by atoms with van der Waals surface area (Å²) in [6, 6.07) is 6.63. The van der Waals surface area contributed by atoms with E-state index in [9.17, 15) is 4.79 Å². The van der Waals surface area contributed by atoms with Crippen LogP contribution in [-0.4, -0.2) is 57.2 Å². The number of allylic oxidation sites excluding steroid dienone is 2. The molecule has 6 nitrogen and oxygen atoms in total. The molecule has 208 valence electrons. The van der Waals surface area contributed by atoms with Gasteiger partial charge < -0.3 is 19.1 Å². The molecule has 5 rings (SSSR count). The molecule has 7 heteroatoms. The lowest BCUT2D eigenvalue weighted by Gasteiger charge is -2.44. The number of aryl methyl sites for hydroxylation is 2. The van der Waals surface area contributed by atoms with Gasteiger partial charge in [0.15, 0.2) is 0 Å². The van der Waals surface area contributed by atoms with Crippen molar-refractivity contribution in [1.29, 1.82) is 0 Å². The largest absolute Gasteiger partial charge is 0.444 e. The molecule has 3 heterocycles. The second-order valence-electron chi connectivity index (χ2n) is 12.1. The first-order chi connectivity index (χ1) is 18.6. The van der Waals surface area contributed by atoms with Crippen molar-refractivity contribution in [3.63, 3.8) is 0 Å². The Labute approximate surface area is 238 Å². The molecule has 0 saturated carbocycles. The van der Waals surface area contributed by atoms with Crippen LogP contribution in [0.5, 0.6) is 0 Å². The normalized spacial score (nSPS) is 21.6. The van der Waals surface area contributed by atoms with E-state index >= 15 is 0 Å². The summed E-state index contributed by atoms with van der Waals surface area (Å²) in [4.78, 5) is 21.4. The predicted molar refractivity (Wildman–Crippen MR) is 158 cm³/mol. The van der Waals surface area contributed by atoms with Gasteiger partial charge in [0.25, 0.3) is 0 Å². The molecule has 1 aliphatic carbocycles. The van der Waals surface area contributed by atoms with Crippen LogP contribution in [0.15, 0.2) is 60.1 Å². The number of likely N-dealkylation sites (tertiary alicyclic amines) is 1. The zero-order chi connectivity index (χ0) is 27.7. The maximum Gasteiger partial charge on any atom is 0.410 e. The third-order valence-corrected chi connectivity index (χ3v) is 8.51. The molecule has 3 aliphatic rings. The molecular formula is C32H41ClN4O2. The zero-order valence-corrected chi connectivity index (χ0v) is 24.6. The Morgan fingerprint density at radius 3 is 2.67 bits per heavy atom. The van der Waals surface area contributed by atoms with Gasteiger partial charge in [-0.3, -0.25) is 0 Å². The lowest BCUT2D eigenvalue weighted by atomic mass is 9.72. The van der Waals surface area contributed by atoms with Crippen LogP contribution in [0.4, 0.5) is 4.79 Å². The highest BCUT2D eigenvalue weighted by Crippen LogP contribution is 2.47. The number of benzene rings is 1. The SMILES string of the molecule is Cc1nccn1CCCC1=Cc2cc(Cl)ccc2C(C2CCN(C(=O)OC(C)(C)C)CC2)C2C1=CC=CN2C. The van der Waals surface area contributed by atoms with Crippen LogP contribution >= 0.6 is 11.6 Å². The molecule has 1 aromatic heterocycles. The standard InChI is InChI=1S/C32H41ClN4O2/c1-22-34-14-19-36(22)16-6-8-24-20-25-21-26(33)10-11-27(25)29(30-28(24)9-7-15-35(30)5)23-12-17-37(18-13-23)31(38)39-32(2,3)4/h7,9-11,14-15,19-21,23,29-30H,6,8,12-13,16-18H2,1-5H3. The van der Waals surface area contributed by atoms with Crippen LogP contribution in [0.25, 0.3) is 6.08 Å². The molecule has 0 bridgehead atoms. The zero-order valence-electron chi connectivity index (χ0n) is 23.9. The summed E-state index contributed by atoms with van der Waals surface area (Å²) in [6.07, 6.45) is 16.7. The van der Waals surface area contributed by atoms with Crippen molar-refractivity contribution < 1.29 is 9.53 Å². The molecule has 1 saturated heterocycles. The van der Waals surface area contributed by atoms with E-state index in [0.29, 0.717) is 11.8 Å². The van der Waals surface area contributed by atoms with Crippen molar-refractivity contribution >= 4 is 23.8 Å². The third-order valence-electron chi connectivity index (χ3n) is 8.27. The summed E-state index contributed by atoms with van der Waals surface area (Å²) < 4.78 is 7.89. The van der Waals surface area contributed by atoms with Gasteiger partial charge in [0.1, 0.15) is 11.4 Å². The van der Waals surface area contributed by atoms with Gasteiger partial charge in [0.2, 0.25) is 0 Å². The van der Waals surface area contributed by atoms with Crippen LogP contribution in [0.3, 0.4) is 0 Å². The molecule has 1 aromatic carbocycles. The van der Waals surface area contributed by atoms with Crippen molar-refractivity contribution in [3.8, 4) is 0 Å². The van der Waals surface area contributed by atoms with E-state index in [1.807, 2.05) is 37.9 Å². The minimum atomic E-state index is -0.483. The maximum atomic E-state index is 12.8. The third kappa shape index (κ3) is 6.11. The Morgan fingerprint density at radius 2 is 1.97 bits per heavy atom. The van der Waals surface area contributed by atoms with Crippen molar-refractivity contribution in [2.75, 3.05) is 20.1 Å². The van der Waals surface area contributed by atoms with Crippen molar-refractivity contribution in [2.24, 2.45) is 5.92 Å². The number of fused-ring (bicyclic) bond motifs is 2. The van der Waals surface area contributed by atoms with Crippen molar-refractivity contribution in [3.05, 3.63) is 82.1 Å². The Bertz CT molecular complexity index is 1290. The molecule has 1 amide bonds. The van der Waals surface area contributed by atoms with E-state index in [-0.39, 0.29) is 12.1 Å². The second-order valence-corrected chi connectivity index (χ2v) is 12.6. The summed E-state index contributed by atoms with van der Waals surface area (Å²) in [5, 5.41) is 0.766. The number of ether oxygens (including phenoxy) is 1. The lowest BCUT2D eigenvalue weighted by molar-refractivity contribution is 0.0165. The number of likely N-dealkylation sites (N-methyl/N-ethyl adjacent to an activating group) is 1. The fourth-order valence-corrected chi connectivity index (χ4v) is 6.61. The highest BCUT2D eigenvalue weighted by atomic mass is 35.5. The van der Waals surface area contributed by atoms with E-state index < -0.39 is 5.60 Å².